The van der Waals surface area contributed by atoms with E-state index in [1.54, 1.807) is 0 Å². The van der Waals surface area contributed by atoms with Crippen molar-refractivity contribution in [2.75, 3.05) is 0 Å². The molecule has 0 fully saturated rings. The molecule has 0 aliphatic rings. The lowest BCUT2D eigenvalue weighted by atomic mass is 10.0. The van der Waals surface area contributed by atoms with Crippen LogP contribution in [0.1, 0.15) is 69.4 Å². The summed E-state index contributed by atoms with van der Waals surface area (Å²) in [6.45, 7) is 6.04. The summed E-state index contributed by atoms with van der Waals surface area (Å²) >= 11 is 0. The van der Waals surface area contributed by atoms with Gasteiger partial charge in [0, 0.05) is 0 Å². The Morgan fingerprint density at radius 1 is 0.789 bits per heavy atom. The first kappa shape index (κ1) is 16.0. The number of hydrogen-bond donors (Lipinski definition) is 0. The van der Waals surface area contributed by atoms with Crippen LogP contribution in [-0.4, -0.2) is 0 Å². The second kappa shape index (κ2) is 10.8. The first-order chi connectivity index (χ1) is 9.36. The van der Waals surface area contributed by atoms with Crippen LogP contribution in [0.25, 0.3) is 0 Å². The van der Waals surface area contributed by atoms with E-state index in [-0.39, 0.29) is 0 Å². The van der Waals surface area contributed by atoms with Crippen molar-refractivity contribution in [3.63, 3.8) is 0 Å². The molecule has 0 aromatic heterocycles. The molecule has 0 aliphatic carbocycles. The minimum Gasteiger partial charge on any atom is -0.103 e. The second-order valence-corrected chi connectivity index (χ2v) is 5.52. The summed E-state index contributed by atoms with van der Waals surface area (Å²) in [5.74, 6) is 0. The van der Waals surface area contributed by atoms with Gasteiger partial charge in [-0.05, 0) is 43.2 Å². The molecule has 1 aromatic rings. The first-order valence-corrected chi connectivity index (χ1v) is 8.05. The highest BCUT2D eigenvalue weighted by Crippen LogP contribution is 2.12. The highest BCUT2D eigenvalue weighted by Gasteiger charge is 1.96. The van der Waals surface area contributed by atoms with E-state index < -0.39 is 0 Å². The van der Waals surface area contributed by atoms with E-state index in [1.807, 2.05) is 6.08 Å². The van der Waals surface area contributed by atoms with Crippen LogP contribution in [0.3, 0.4) is 0 Å². The zero-order valence-electron chi connectivity index (χ0n) is 12.7. The maximum atomic E-state index is 3.77. The molecule has 0 heterocycles. The van der Waals surface area contributed by atoms with E-state index in [1.165, 1.54) is 68.9 Å². The van der Waals surface area contributed by atoms with Crippen molar-refractivity contribution < 1.29 is 0 Å². The highest BCUT2D eigenvalue weighted by atomic mass is 14.0. The van der Waals surface area contributed by atoms with Crippen LogP contribution in [0.15, 0.2) is 36.9 Å². The molecule has 0 nitrogen and oxygen atoms in total. The topological polar surface area (TPSA) is 0 Å². The Kier molecular flexibility index (Phi) is 9.14. The van der Waals surface area contributed by atoms with Crippen LogP contribution in [0.4, 0.5) is 0 Å². The van der Waals surface area contributed by atoms with Crippen LogP contribution in [-0.2, 0) is 12.8 Å². The van der Waals surface area contributed by atoms with E-state index >= 15 is 0 Å². The molecule has 1 rings (SSSR count). The fraction of sp³-hybridized carbons (Fsp3) is 0.579. The smallest absolute Gasteiger partial charge is 0.0276 e. The van der Waals surface area contributed by atoms with Gasteiger partial charge in [-0.1, -0.05) is 69.4 Å². The normalized spacial score (nSPS) is 10.6. The predicted octanol–water partition coefficient (Wildman–Crippen LogP) is 6.10. The Bertz CT molecular complexity index is 320. The van der Waals surface area contributed by atoms with E-state index in [0.29, 0.717) is 0 Å². The number of hydrogen-bond acceptors (Lipinski definition) is 0. The Hall–Kier alpha value is -1.04. The fourth-order valence-corrected chi connectivity index (χ4v) is 2.43. The summed E-state index contributed by atoms with van der Waals surface area (Å²) in [7, 11) is 0. The lowest BCUT2D eigenvalue weighted by Crippen LogP contribution is -1.89. The molecule has 106 valence electrons. The Morgan fingerprint density at radius 2 is 1.32 bits per heavy atom. The van der Waals surface area contributed by atoms with Gasteiger partial charge >= 0.3 is 0 Å². The SMILES string of the molecule is C=CCCCc1ccc(CCCCCCCC)cc1. The van der Waals surface area contributed by atoms with Gasteiger partial charge in [-0.2, -0.15) is 0 Å². The molecule has 0 unspecified atom stereocenters. The van der Waals surface area contributed by atoms with Gasteiger partial charge in [0.1, 0.15) is 0 Å². The molecule has 0 atom stereocenters. The summed E-state index contributed by atoms with van der Waals surface area (Å²) in [6, 6.07) is 9.23. The zero-order valence-corrected chi connectivity index (χ0v) is 12.7. The summed E-state index contributed by atoms with van der Waals surface area (Å²) in [6.07, 6.45) is 15.1. The van der Waals surface area contributed by atoms with Gasteiger partial charge in [0.15, 0.2) is 0 Å². The maximum Gasteiger partial charge on any atom is -0.0276 e. The minimum atomic E-state index is 1.12. The quantitative estimate of drug-likeness (QED) is 0.332. The van der Waals surface area contributed by atoms with Gasteiger partial charge in [-0.25, -0.2) is 0 Å². The van der Waals surface area contributed by atoms with Crippen LogP contribution in [0, 0.1) is 0 Å². The molecule has 19 heavy (non-hydrogen) atoms. The molecule has 0 aliphatic heterocycles. The van der Waals surface area contributed by atoms with Gasteiger partial charge in [0.05, 0.1) is 0 Å². The molecule has 0 bridgehead atoms. The van der Waals surface area contributed by atoms with Crippen molar-refractivity contribution in [2.45, 2.75) is 71.1 Å². The fourth-order valence-electron chi connectivity index (χ4n) is 2.43. The number of rotatable bonds is 11. The van der Waals surface area contributed by atoms with Crippen molar-refractivity contribution in [1.82, 2.24) is 0 Å². The largest absolute Gasteiger partial charge is 0.103 e. The third-order valence-corrected chi connectivity index (χ3v) is 3.72. The van der Waals surface area contributed by atoms with E-state index in [4.69, 9.17) is 0 Å². The molecule has 0 radical (unpaired) electrons. The molecule has 0 saturated carbocycles. The molecular formula is C19H30. The lowest BCUT2D eigenvalue weighted by Gasteiger charge is -2.04. The van der Waals surface area contributed by atoms with Crippen LogP contribution >= 0.6 is 0 Å². The molecule has 0 heteroatoms. The number of unbranched alkanes of at least 4 members (excludes halogenated alkanes) is 6. The Balaban J connectivity index is 2.15. The van der Waals surface area contributed by atoms with Crippen molar-refractivity contribution in [2.24, 2.45) is 0 Å². The number of benzene rings is 1. The van der Waals surface area contributed by atoms with Gasteiger partial charge in [0.25, 0.3) is 0 Å². The maximum absolute atomic E-state index is 3.77. The predicted molar refractivity (Wildman–Crippen MR) is 86.7 cm³/mol. The second-order valence-electron chi connectivity index (χ2n) is 5.52. The third kappa shape index (κ3) is 7.87. The number of aryl methyl sites for hydroxylation is 2. The van der Waals surface area contributed by atoms with Gasteiger partial charge < -0.3 is 0 Å². The van der Waals surface area contributed by atoms with Gasteiger partial charge in [-0.15, -0.1) is 6.58 Å². The van der Waals surface area contributed by atoms with E-state index in [0.717, 1.165) is 6.42 Å². The van der Waals surface area contributed by atoms with Crippen molar-refractivity contribution in [3.8, 4) is 0 Å². The molecule has 0 spiro atoms. The Labute approximate surface area is 119 Å². The molecule has 0 saturated heterocycles. The summed E-state index contributed by atoms with van der Waals surface area (Å²) in [4.78, 5) is 0. The van der Waals surface area contributed by atoms with E-state index in [9.17, 15) is 0 Å². The molecule has 0 N–H and O–H groups in total. The van der Waals surface area contributed by atoms with Gasteiger partial charge in [-0.3, -0.25) is 0 Å². The van der Waals surface area contributed by atoms with Crippen molar-refractivity contribution >= 4 is 0 Å². The molecule has 1 aromatic carbocycles. The average molecular weight is 258 g/mol. The molecular weight excluding hydrogens is 228 g/mol. The van der Waals surface area contributed by atoms with Crippen LogP contribution in [0.2, 0.25) is 0 Å². The summed E-state index contributed by atoms with van der Waals surface area (Å²) in [5.41, 5.74) is 2.97. The standard InChI is InChI=1S/C19H30/c1-3-5-7-8-9-11-13-19-16-14-18(15-17-19)12-10-6-4-2/h4,14-17H,2-3,5-13H2,1H3. The first-order valence-electron chi connectivity index (χ1n) is 8.05. The Morgan fingerprint density at radius 3 is 1.89 bits per heavy atom. The average Bonchev–Trinajstić information content (AvgIpc) is 2.44. The summed E-state index contributed by atoms with van der Waals surface area (Å²) in [5, 5.41) is 0. The van der Waals surface area contributed by atoms with Crippen molar-refractivity contribution in [3.05, 3.63) is 48.0 Å². The van der Waals surface area contributed by atoms with Crippen LogP contribution in [0.5, 0.6) is 0 Å². The lowest BCUT2D eigenvalue weighted by molar-refractivity contribution is 0.607. The third-order valence-electron chi connectivity index (χ3n) is 3.72. The number of allylic oxidation sites excluding steroid dienone is 1. The minimum absolute atomic E-state index is 1.12. The van der Waals surface area contributed by atoms with Crippen LogP contribution < -0.4 is 0 Å². The monoisotopic (exact) mass is 258 g/mol. The zero-order chi connectivity index (χ0) is 13.8. The molecule has 0 amide bonds. The van der Waals surface area contributed by atoms with Crippen molar-refractivity contribution in [1.29, 1.82) is 0 Å². The van der Waals surface area contributed by atoms with Gasteiger partial charge in [0.2, 0.25) is 0 Å². The van der Waals surface area contributed by atoms with E-state index in [2.05, 4.69) is 37.8 Å². The highest BCUT2D eigenvalue weighted by molar-refractivity contribution is 5.22. The summed E-state index contributed by atoms with van der Waals surface area (Å²) < 4.78 is 0.